The molecule has 0 radical (unpaired) electrons. The minimum atomic E-state index is -0.0791. The Hall–Kier alpha value is -0.510. The van der Waals surface area contributed by atoms with Crippen molar-refractivity contribution >= 4 is 11.8 Å². The molecule has 0 aliphatic heterocycles. The van der Waals surface area contributed by atoms with Crippen LogP contribution in [0.1, 0.15) is 25.3 Å². The number of benzene rings is 1. The highest BCUT2D eigenvalue weighted by molar-refractivity contribution is 7.99. The molecule has 0 aromatic heterocycles. The second kappa shape index (κ2) is 6.09. The Morgan fingerprint density at radius 3 is 2.50 bits per heavy atom. The summed E-state index contributed by atoms with van der Waals surface area (Å²) in [5.41, 5.74) is 1.21. The molecular formula is C15H23NOS. The van der Waals surface area contributed by atoms with E-state index >= 15 is 0 Å². The van der Waals surface area contributed by atoms with Crippen molar-refractivity contribution in [2.45, 2.75) is 37.1 Å². The molecule has 3 heteroatoms. The monoisotopic (exact) mass is 265 g/mol. The Morgan fingerprint density at radius 1 is 1.33 bits per heavy atom. The maximum Gasteiger partial charge on any atom is 0.0624 e. The lowest BCUT2D eigenvalue weighted by Crippen LogP contribution is -2.52. The maximum atomic E-state index is 9.76. The molecule has 1 aromatic carbocycles. The SMILES string of the molecule is CCNC(CO)(CSc1ccc(C)cc1)C1CC1. The number of thioether (sulfide) groups is 1. The number of aliphatic hydroxyl groups excluding tert-OH is 1. The van der Waals surface area contributed by atoms with Crippen LogP contribution in [0.3, 0.4) is 0 Å². The zero-order chi connectivity index (χ0) is 13.0. The van der Waals surface area contributed by atoms with Gasteiger partial charge in [-0.25, -0.2) is 0 Å². The second-order valence-corrected chi connectivity index (χ2v) is 6.27. The fourth-order valence-electron chi connectivity index (χ4n) is 2.38. The average Bonchev–Trinajstić information content (AvgIpc) is 3.21. The molecule has 0 saturated heterocycles. The lowest BCUT2D eigenvalue weighted by molar-refractivity contribution is 0.161. The van der Waals surface area contributed by atoms with Crippen molar-refractivity contribution in [3.63, 3.8) is 0 Å². The Labute approximate surface area is 114 Å². The molecule has 2 nitrogen and oxygen atoms in total. The summed E-state index contributed by atoms with van der Waals surface area (Å²) < 4.78 is 0. The maximum absolute atomic E-state index is 9.76. The second-order valence-electron chi connectivity index (χ2n) is 5.22. The number of aryl methyl sites for hydroxylation is 1. The molecule has 0 spiro atoms. The Kier molecular flexibility index (Phi) is 4.71. The van der Waals surface area contributed by atoms with Crippen molar-refractivity contribution in [2.75, 3.05) is 18.9 Å². The summed E-state index contributed by atoms with van der Waals surface area (Å²) >= 11 is 1.85. The fraction of sp³-hybridized carbons (Fsp3) is 0.600. The highest BCUT2D eigenvalue weighted by Gasteiger charge is 2.44. The zero-order valence-corrected chi connectivity index (χ0v) is 12.1. The van der Waals surface area contributed by atoms with Gasteiger partial charge in [-0.1, -0.05) is 24.6 Å². The average molecular weight is 265 g/mol. The van der Waals surface area contributed by atoms with Gasteiger partial charge in [0.2, 0.25) is 0 Å². The predicted molar refractivity (Wildman–Crippen MR) is 78.1 cm³/mol. The minimum absolute atomic E-state index is 0.0791. The molecule has 0 amide bonds. The molecule has 0 heterocycles. The summed E-state index contributed by atoms with van der Waals surface area (Å²) in [6.07, 6.45) is 2.50. The first-order chi connectivity index (χ1) is 8.70. The summed E-state index contributed by atoms with van der Waals surface area (Å²) in [4.78, 5) is 1.29. The molecule has 2 rings (SSSR count). The Bertz CT molecular complexity index is 375. The van der Waals surface area contributed by atoms with Crippen LogP contribution in [-0.2, 0) is 0 Å². The highest BCUT2D eigenvalue weighted by atomic mass is 32.2. The lowest BCUT2D eigenvalue weighted by atomic mass is 9.97. The minimum Gasteiger partial charge on any atom is -0.394 e. The van der Waals surface area contributed by atoms with Gasteiger partial charge >= 0.3 is 0 Å². The van der Waals surface area contributed by atoms with Gasteiger partial charge in [-0.3, -0.25) is 0 Å². The van der Waals surface area contributed by atoms with E-state index in [-0.39, 0.29) is 12.1 Å². The van der Waals surface area contributed by atoms with Gasteiger partial charge in [-0.05, 0) is 44.4 Å². The van der Waals surface area contributed by atoms with Crippen LogP contribution in [-0.4, -0.2) is 29.5 Å². The molecule has 1 aliphatic rings. The molecule has 1 aromatic rings. The van der Waals surface area contributed by atoms with E-state index in [1.807, 2.05) is 11.8 Å². The molecule has 2 N–H and O–H groups in total. The van der Waals surface area contributed by atoms with Crippen molar-refractivity contribution in [2.24, 2.45) is 5.92 Å². The fourth-order valence-corrected chi connectivity index (χ4v) is 3.56. The van der Waals surface area contributed by atoms with Crippen LogP contribution in [0.15, 0.2) is 29.2 Å². The van der Waals surface area contributed by atoms with E-state index in [2.05, 4.69) is 43.4 Å². The molecule has 0 bridgehead atoms. The van der Waals surface area contributed by atoms with Gasteiger partial charge in [0.05, 0.1) is 12.1 Å². The van der Waals surface area contributed by atoms with Gasteiger partial charge in [0.25, 0.3) is 0 Å². The summed E-state index contributed by atoms with van der Waals surface area (Å²) in [6, 6.07) is 8.63. The topological polar surface area (TPSA) is 32.3 Å². The van der Waals surface area contributed by atoms with Crippen molar-refractivity contribution in [3.05, 3.63) is 29.8 Å². The van der Waals surface area contributed by atoms with Gasteiger partial charge in [0, 0.05) is 10.6 Å². The van der Waals surface area contributed by atoms with Gasteiger partial charge in [-0.2, -0.15) is 0 Å². The van der Waals surface area contributed by atoms with Gasteiger partial charge in [0.15, 0.2) is 0 Å². The highest BCUT2D eigenvalue weighted by Crippen LogP contribution is 2.42. The third-order valence-electron chi connectivity index (χ3n) is 3.69. The molecule has 1 unspecified atom stereocenters. The molecule has 1 fully saturated rings. The van der Waals surface area contributed by atoms with E-state index in [0.29, 0.717) is 5.92 Å². The van der Waals surface area contributed by atoms with E-state index in [1.165, 1.54) is 23.3 Å². The third-order valence-corrected chi connectivity index (χ3v) is 4.95. The zero-order valence-electron chi connectivity index (χ0n) is 11.3. The summed E-state index contributed by atoms with van der Waals surface area (Å²) in [7, 11) is 0. The van der Waals surface area contributed by atoms with Crippen LogP contribution in [0.2, 0.25) is 0 Å². The smallest absolute Gasteiger partial charge is 0.0624 e. The van der Waals surface area contributed by atoms with E-state index in [0.717, 1.165) is 12.3 Å². The first-order valence-electron chi connectivity index (χ1n) is 6.75. The van der Waals surface area contributed by atoms with Crippen LogP contribution in [0.4, 0.5) is 0 Å². The van der Waals surface area contributed by atoms with E-state index < -0.39 is 0 Å². The summed E-state index contributed by atoms with van der Waals surface area (Å²) in [5.74, 6) is 1.60. The number of nitrogens with one attached hydrogen (secondary N) is 1. The van der Waals surface area contributed by atoms with Crippen molar-refractivity contribution in [1.29, 1.82) is 0 Å². The number of aliphatic hydroxyl groups is 1. The van der Waals surface area contributed by atoms with Crippen molar-refractivity contribution < 1.29 is 5.11 Å². The first kappa shape index (κ1) is 13.9. The van der Waals surface area contributed by atoms with E-state index in [4.69, 9.17) is 0 Å². The van der Waals surface area contributed by atoms with Crippen molar-refractivity contribution in [1.82, 2.24) is 5.32 Å². The molecular weight excluding hydrogens is 242 g/mol. The van der Waals surface area contributed by atoms with Crippen LogP contribution >= 0.6 is 11.8 Å². The summed E-state index contributed by atoms with van der Waals surface area (Å²) in [5, 5.41) is 13.3. The normalized spacial score (nSPS) is 18.6. The summed E-state index contributed by atoms with van der Waals surface area (Å²) in [6.45, 7) is 5.38. The molecule has 1 saturated carbocycles. The Balaban J connectivity index is 1.98. The van der Waals surface area contributed by atoms with Crippen LogP contribution in [0.5, 0.6) is 0 Å². The van der Waals surface area contributed by atoms with Crippen LogP contribution in [0.25, 0.3) is 0 Å². The molecule has 1 atom stereocenters. The van der Waals surface area contributed by atoms with Crippen LogP contribution < -0.4 is 5.32 Å². The number of hydrogen-bond donors (Lipinski definition) is 2. The van der Waals surface area contributed by atoms with Crippen LogP contribution in [0, 0.1) is 12.8 Å². The lowest BCUT2D eigenvalue weighted by Gasteiger charge is -2.33. The van der Waals surface area contributed by atoms with Gasteiger partial charge in [-0.15, -0.1) is 11.8 Å². The number of hydrogen-bond acceptors (Lipinski definition) is 3. The molecule has 1 aliphatic carbocycles. The number of rotatable bonds is 7. The third kappa shape index (κ3) is 3.28. The Morgan fingerprint density at radius 2 is 2.00 bits per heavy atom. The molecule has 100 valence electrons. The van der Waals surface area contributed by atoms with E-state index in [9.17, 15) is 5.11 Å². The standard InChI is InChI=1S/C15H23NOS/c1-3-16-15(10-17,13-6-7-13)11-18-14-8-4-12(2)5-9-14/h4-5,8-9,13,16-17H,3,6-7,10-11H2,1-2H3. The van der Waals surface area contributed by atoms with Gasteiger partial charge in [0.1, 0.15) is 0 Å². The number of likely N-dealkylation sites (N-methyl/N-ethyl adjacent to an activating group) is 1. The van der Waals surface area contributed by atoms with Crippen molar-refractivity contribution in [3.8, 4) is 0 Å². The molecule has 18 heavy (non-hydrogen) atoms. The quantitative estimate of drug-likeness (QED) is 0.744. The van der Waals surface area contributed by atoms with Gasteiger partial charge < -0.3 is 10.4 Å². The van der Waals surface area contributed by atoms with E-state index in [1.54, 1.807) is 0 Å². The largest absolute Gasteiger partial charge is 0.394 e. The first-order valence-corrected chi connectivity index (χ1v) is 7.74. The predicted octanol–water partition coefficient (Wildman–Crippen LogP) is 2.84.